The fourth-order valence-electron chi connectivity index (χ4n) is 12.3. The van der Waals surface area contributed by atoms with Crippen molar-refractivity contribution in [3.8, 4) is 17.2 Å². The molecule has 3 aliphatic carbocycles. The van der Waals surface area contributed by atoms with E-state index in [0.717, 1.165) is 82.5 Å². The number of fused-ring (bicyclic) bond motifs is 2. The number of aromatic nitrogens is 2. The molecule has 17 nitrogen and oxygen atoms in total. The third kappa shape index (κ3) is 9.71. The molecular formula is C54H63FN8O9S. The van der Waals surface area contributed by atoms with Crippen LogP contribution in [0.5, 0.6) is 17.2 Å². The van der Waals surface area contributed by atoms with Crippen LogP contribution in [-0.2, 0) is 14.8 Å². The Morgan fingerprint density at radius 2 is 1.75 bits per heavy atom. The van der Waals surface area contributed by atoms with E-state index >= 15 is 0 Å². The number of aromatic amines is 1. The topological polar surface area (TPSA) is 213 Å². The summed E-state index contributed by atoms with van der Waals surface area (Å²) in [5.41, 5.74) is 2.45. The number of piperazine rings is 1. The molecule has 6 aliphatic rings. The van der Waals surface area contributed by atoms with Gasteiger partial charge in [0, 0.05) is 74.8 Å². The number of nitro groups is 1. The molecule has 0 unspecified atom stereocenters. The van der Waals surface area contributed by atoms with Gasteiger partial charge in [-0.2, -0.15) is 0 Å². The Morgan fingerprint density at radius 3 is 2.48 bits per heavy atom. The second-order valence-electron chi connectivity index (χ2n) is 22.0. The molecule has 2 saturated heterocycles. The first kappa shape index (κ1) is 48.9. The first-order valence-corrected chi connectivity index (χ1v) is 27.3. The second-order valence-corrected chi connectivity index (χ2v) is 23.7. The van der Waals surface area contributed by atoms with Gasteiger partial charge in [-0.3, -0.25) is 24.6 Å². The molecule has 1 spiro atoms. The predicted octanol–water partition coefficient (Wildman–Crippen LogP) is 8.80. The van der Waals surface area contributed by atoms with Crippen molar-refractivity contribution in [3.63, 3.8) is 0 Å². The van der Waals surface area contributed by atoms with Gasteiger partial charge in [-0.15, -0.1) is 0 Å². The highest BCUT2D eigenvalue weighted by Gasteiger charge is 2.51. The number of aliphatic hydroxyl groups is 1. The Bertz CT molecular complexity index is 3080. The number of pyridine rings is 1. The molecule has 3 aliphatic heterocycles. The lowest BCUT2D eigenvalue weighted by molar-refractivity contribution is -0.384. The number of nitrogens with one attached hydrogen (secondary N) is 3. The van der Waals surface area contributed by atoms with Gasteiger partial charge in [-0.25, -0.2) is 22.5 Å². The average molecular weight is 1020 g/mol. The van der Waals surface area contributed by atoms with Crippen molar-refractivity contribution in [1.29, 1.82) is 0 Å². The van der Waals surface area contributed by atoms with E-state index in [1.165, 1.54) is 35.7 Å². The summed E-state index contributed by atoms with van der Waals surface area (Å²) >= 11 is 0. The molecule has 73 heavy (non-hydrogen) atoms. The Balaban J connectivity index is 0.807. The lowest BCUT2D eigenvalue weighted by atomic mass is 9.59. The highest BCUT2D eigenvalue weighted by molar-refractivity contribution is 7.90. The van der Waals surface area contributed by atoms with E-state index in [-0.39, 0.29) is 69.8 Å². The summed E-state index contributed by atoms with van der Waals surface area (Å²) in [6.07, 6.45) is 11.1. The van der Waals surface area contributed by atoms with E-state index in [0.29, 0.717) is 55.7 Å². The zero-order chi connectivity index (χ0) is 51.0. The molecular weight excluding hydrogens is 956 g/mol. The molecule has 5 aromatic rings. The molecule has 2 aromatic heterocycles. The SMILES string of the molecule is CC(C)c1ccccc1[C@H]1CN(C(=O)C2CC2)CCN1C1CC2(CCN(c3ccc(C(=O)NS(=O)(=O)c4cc5c(c([N+](=O)[O-])c4)N[C@@H]([C@H]4CC[C@](C)(O)CC4)CO5)c(Oc4cnc5[nH]cc(F)c5c4)c3)CC2)C1. The Labute approximate surface area is 424 Å². The van der Waals surface area contributed by atoms with Crippen LogP contribution in [0.15, 0.2) is 78.0 Å². The molecule has 5 fully saturated rings. The van der Waals surface area contributed by atoms with Crippen LogP contribution in [0.2, 0.25) is 0 Å². The van der Waals surface area contributed by atoms with Crippen LogP contribution in [0.1, 0.15) is 118 Å². The van der Waals surface area contributed by atoms with Crippen molar-refractivity contribution in [2.75, 3.05) is 49.5 Å². The normalized spacial score (nSPS) is 24.4. The standard InChI is InChI=1S/C54H63FN8O9S/c1-32(2)39-6-4-5-7-40(39)46-30-61(52(65)34-8-9-34)20-21-62(46)36-26-54(27-36)16-18-60(19-17-54)35-10-11-41(47(22-35)72-37-23-42-43(55)29-57-50(42)56-28-37)51(64)59-73(69,70)38-24-45(63(67)68)49-48(25-38)71-31-44(58-49)33-12-14-53(3,66)15-13-33/h4-7,10-11,22-25,28-29,32-34,36,44,46,58,66H,8-9,12-21,26-27,30-31H2,1-3H3,(H,56,57)(H,59,64)/t33-,44-,46-,53-/m1/s1. The van der Waals surface area contributed by atoms with Crippen LogP contribution < -0.4 is 24.4 Å². The van der Waals surface area contributed by atoms with Crippen molar-refractivity contribution in [3.05, 3.63) is 106 Å². The van der Waals surface area contributed by atoms with E-state index in [9.17, 15) is 37.6 Å². The number of carbonyl (C=O) groups excluding carboxylic acids is 2. The Hall–Kier alpha value is -6.31. The van der Waals surface area contributed by atoms with Gasteiger partial charge < -0.3 is 34.7 Å². The minimum absolute atomic E-state index is 0.00228. The summed E-state index contributed by atoms with van der Waals surface area (Å²) < 4.78 is 57.2. The van der Waals surface area contributed by atoms with Crippen molar-refractivity contribution in [1.82, 2.24) is 24.5 Å². The van der Waals surface area contributed by atoms with Crippen molar-refractivity contribution in [2.45, 2.75) is 120 Å². The summed E-state index contributed by atoms with van der Waals surface area (Å²) in [5.74, 6) is -0.612. The fourth-order valence-corrected chi connectivity index (χ4v) is 13.3. The van der Waals surface area contributed by atoms with E-state index in [2.05, 4.69) is 72.8 Å². The number of hydrogen-bond acceptors (Lipinski definition) is 13. The fraction of sp³-hybridized carbons (Fsp3) is 0.500. The summed E-state index contributed by atoms with van der Waals surface area (Å²) in [7, 11) is -4.74. The number of hydrogen-bond donors (Lipinski definition) is 4. The molecule has 0 bridgehead atoms. The first-order chi connectivity index (χ1) is 34.9. The van der Waals surface area contributed by atoms with Gasteiger partial charge in [0.05, 0.1) is 44.7 Å². The number of nitro benzene ring substituents is 1. The maximum atomic E-state index is 14.7. The number of H-pyrrole nitrogens is 1. The van der Waals surface area contributed by atoms with Gasteiger partial charge in [0.2, 0.25) is 5.91 Å². The molecule has 11 rings (SSSR count). The molecule has 5 heterocycles. The van der Waals surface area contributed by atoms with E-state index in [1.807, 2.05) is 0 Å². The summed E-state index contributed by atoms with van der Waals surface area (Å²) in [6.45, 7) is 10.2. The minimum Gasteiger partial charge on any atom is -0.489 e. The lowest BCUT2D eigenvalue weighted by Crippen LogP contribution is -2.60. The van der Waals surface area contributed by atoms with Crippen molar-refractivity contribution < 1.29 is 41.9 Å². The number of piperidine rings is 1. The third-order valence-electron chi connectivity index (χ3n) is 16.7. The summed E-state index contributed by atoms with van der Waals surface area (Å²) in [4.78, 5) is 52.8. The number of rotatable bonds is 12. The molecule has 3 saturated carbocycles. The molecule has 3 aromatic carbocycles. The van der Waals surface area contributed by atoms with Crippen LogP contribution in [0.3, 0.4) is 0 Å². The van der Waals surface area contributed by atoms with Gasteiger partial charge >= 0.3 is 0 Å². The smallest absolute Gasteiger partial charge is 0.297 e. The quantitative estimate of drug-likeness (QED) is 0.0681. The zero-order valence-electron chi connectivity index (χ0n) is 41.4. The average Bonchev–Trinajstić information content (AvgIpc) is 4.16. The Morgan fingerprint density at radius 1 is 1.00 bits per heavy atom. The number of benzene rings is 3. The molecule has 0 radical (unpaired) electrons. The van der Waals surface area contributed by atoms with Gasteiger partial charge in [-0.05, 0) is 118 Å². The molecule has 386 valence electrons. The van der Waals surface area contributed by atoms with Crippen molar-refractivity contribution in [2.24, 2.45) is 17.3 Å². The number of nitrogens with zero attached hydrogens (tertiary/aromatic N) is 5. The Kier molecular flexibility index (Phi) is 12.6. The lowest BCUT2D eigenvalue weighted by Gasteiger charge is -2.58. The number of sulfonamides is 1. The third-order valence-corrected chi connectivity index (χ3v) is 18.0. The van der Waals surface area contributed by atoms with E-state index < -0.39 is 42.9 Å². The van der Waals surface area contributed by atoms with Crippen LogP contribution in [0.4, 0.5) is 21.5 Å². The number of halogens is 1. The summed E-state index contributed by atoms with van der Waals surface area (Å²) in [5, 5.41) is 26.3. The molecule has 19 heteroatoms. The largest absolute Gasteiger partial charge is 0.489 e. The predicted molar refractivity (Wildman–Crippen MR) is 272 cm³/mol. The highest BCUT2D eigenvalue weighted by atomic mass is 32.2. The molecule has 2 amide bonds. The summed E-state index contributed by atoms with van der Waals surface area (Å²) in [6, 6.07) is 17.4. The molecule has 4 N–H and O–H groups in total. The number of carbonyl (C=O) groups is 2. The number of amides is 2. The van der Waals surface area contributed by atoms with Gasteiger partial charge in [0.15, 0.2) is 11.4 Å². The minimum atomic E-state index is -4.74. The second kappa shape index (κ2) is 18.9. The maximum absolute atomic E-state index is 14.7. The van der Waals surface area contributed by atoms with Crippen LogP contribution in [0.25, 0.3) is 11.0 Å². The van der Waals surface area contributed by atoms with E-state index in [4.69, 9.17) is 9.47 Å². The number of anilines is 2. The van der Waals surface area contributed by atoms with Gasteiger partial charge in [-0.1, -0.05) is 38.1 Å². The van der Waals surface area contributed by atoms with Crippen LogP contribution in [0, 0.1) is 33.2 Å². The maximum Gasteiger partial charge on any atom is 0.297 e. The van der Waals surface area contributed by atoms with E-state index in [1.54, 1.807) is 19.1 Å². The molecule has 2 atom stereocenters. The highest BCUT2D eigenvalue weighted by Crippen LogP contribution is 2.54. The zero-order valence-corrected chi connectivity index (χ0v) is 42.3. The van der Waals surface area contributed by atoms with Crippen LogP contribution in [-0.4, -0.2) is 107 Å². The first-order valence-electron chi connectivity index (χ1n) is 25.8. The van der Waals surface area contributed by atoms with Crippen LogP contribution >= 0.6 is 0 Å². The number of ether oxygens (including phenoxy) is 2. The van der Waals surface area contributed by atoms with Gasteiger partial charge in [0.1, 0.15) is 29.6 Å². The monoisotopic (exact) mass is 1020 g/mol. The van der Waals surface area contributed by atoms with Crippen molar-refractivity contribution >= 4 is 49.9 Å². The van der Waals surface area contributed by atoms with Gasteiger partial charge in [0.25, 0.3) is 21.6 Å².